The van der Waals surface area contributed by atoms with Crippen LogP contribution in [0.15, 0.2) is 30.6 Å². The second kappa shape index (κ2) is 12.1. The summed E-state index contributed by atoms with van der Waals surface area (Å²) in [6, 6.07) is 8.45. The predicted octanol–water partition coefficient (Wildman–Crippen LogP) is 3.02. The maximum absolute atomic E-state index is 11.1. The third-order valence-electron chi connectivity index (χ3n) is 7.83. The van der Waals surface area contributed by atoms with E-state index in [9.17, 15) is 19.7 Å². The lowest BCUT2D eigenvalue weighted by molar-refractivity contribution is -0.0472. The highest BCUT2D eigenvalue weighted by Crippen LogP contribution is 2.50. The zero-order valence-electron chi connectivity index (χ0n) is 22.6. The molecule has 0 spiro atoms. The summed E-state index contributed by atoms with van der Waals surface area (Å²) in [5, 5.41) is 21.4. The van der Waals surface area contributed by atoms with Crippen LogP contribution in [0.5, 0.6) is 0 Å². The zero-order chi connectivity index (χ0) is 29.5. The molecule has 2 aliphatic heterocycles. The van der Waals surface area contributed by atoms with Crippen LogP contribution in [-0.4, -0.2) is 81.8 Å². The third-order valence-corrected chi connectivity index (χ3v) is 10.9. The minimum Gasteiger partial charge on any atom is -0.387 e. The lowest BCUT2D eigenvalue weighted by atomic mass is 9.70. The highest BCUT2D eigenvalue weighted by molar-refractivity contribution is 7.67. The van der Waals surface area contributed by atoms with E-state index in [2.05, 4.69) is 51.9 Å². The molecule has 6 unspecified atom stereocenters. The lowest BCUT2D eigenvalue weighted by Crippen LogP contribution is -2.46. The van der Waals surface area contributed by atoms with Gasteiger partial charge in [-0.15, -0.1) is 0 Å². The maximum Gasteiger partial charge on any atom is 0.334 e. The van der Waals surface area contributed by atoms with Gasteiger partial charge in [-0.05, 0) is 35.6 Å². The molecule has 0 saturated carbocycles. The van der Waals surface area contributed by atoms with Gasteiger partial charge in [0, 0.05) is 18.5 Å². The van der Waals surface area contributed by atoms with Crippen molar-refractivity contribution in [1.82, 2.24) is 19.5 Å². The summed E-state index contributed by atoms with van der Waals surface area (Å²) in [7, 11) is -6.94. The first kappa shape index (κ1) is 30.7. The van der Waals surface area contributed by atoms with E-state index >= 15 is 0 Å². The van der Waals surface area contributed by atoms with Crippen LogP contribution in [0.3, 0.4) is 0 Å². The number of aliphatic hydroxyl groups excluding tert-OH is 2. The number of benzene rings is 1. The molecule has 16 heteroatoms. The topological polar surface area (TPSA) is 184 Å². The summed E-state index contributed by atoms with van der Waals surface area (Å²) in [6.07, 6.45) is -0.630. The number of anilines is 1. The van der Waals surface area contributed by atoms with E-state index in [4.69, 9.17) is 30.6 Å². The number of rotatable bonds is 10. The van der Waals surface area contributed by atoms with Crippen LogP contribution in [0, 0.1) is 0 Å². The van der Waals surface area contributed by atoms with Gasteiger partial charge in [-0.3, -0.25) is 9.13 Å². The average Bonchev–Trinajstić information content (AvgIpc) is 3.46. The molecule has 1 fully saturated rings. The molecule has 3 aromatic rings. The SMILES string of the molecule is CCCC1(CC)CN(c2nc(Cl)nc3c2ncn3C2OC(COP(O)CP(=O)(O)O)C(O)C2O)Cc2ccccc21. The first-order valence-corrected chi connectivity index (χ1v) is 16.9. The number of aliphatic hydroxyl groups is 2. The van der Waals surface area contributed by atoms with E-state index in [1.54, 1.807) is 0 Å². The summed E-state index contributed by atoms with van der Waals surface area (Å²) in [5.74, 6) is -0.293. The van der Waals surface area contributed by atoms with Gasteiger partial charge in [0.05, 0.1) is 12.9 Å². The molecule has 2 aromatic heterocycles. The molecule has 13 nitrogen and oxygen atoms in total. The first-order valence-electron chi connectivity index (χ1n) is 13.3. The van der Waals surface area contributed by atoms with Crippen LogP contribution < -0.4 is 4.90 Å². The normalized spacial score (nSPS) is 27.4. The third kappa shape index (κ3) is 6.17. The number of halogens is 1. The van der Waals surface area contributed by atoms with Crippen LogP contribution in [0.4, 0.5) is 5.82 Å². The second-order valence-corrected chi connectivity index (χ2v) is 14.3. The summed E-state index contributed by atoms with van der Waals surface area (Å²) < 4.78 is 23.6. The quantitative estimate of drug-likeness (QED) is 0.163. The highest BCUT2D eigenvalue weighted by Gasteiger charge is 2.45. The Morgan fingerprint density at radius 2 is 1.98 bits per heavy atom. The Bertz CT molecular complexity index is 1440. The van der Waals surface area contributed by atoms with Gasteiger partial charge in [-0.25, -0.2) is 4.98 Å². The number of hydrogen-bond acceptors (Lipinski definition) is 10. The Kier molecular flexibility index (Phi) is 9.05. The number of ether oxygens (including phenoxy) is 1. The molecule has 5 rings (SSSR count). The van der Waals surface area contributed by atoms with Crippen LogP contribution in [0.25, 0.3) is 11.2 Å². The number of nitrogens with zero attached hydrogens (tertiary/aromatic N) is 5. The van der Waals surface area contributed by atoms with Gasteiger partial charge < -0.3 is 39.1 Å². The Hall–Kier alpha value is -1.76. The van der Waals surface area contributed by atoms with E-state index in [-0.39, 0.29) is 10.7 Å². The second-order valence-electron chi connectivity index (χ2n) is 10.5. The van der Waals surface area contributed by atoms with E-state index in [1.165, 1.54) is 22.0 Å². The van der Waals surface area contributed by atoms with E-state index in [1.807, 2.05) is 6.07 Å². The van der Waals surface area contributed by atoms with Crippen molar-refractivity contribution in [1.29, 1.82) is 0 Å². The molecule has 6 atom stereocenters. The van der Waals surface area contributed by atoms with Crippen LogP contribution in [-0.2, 0) is 25.8 Å². The average molecular weight is 630 g/mol. The van der Waals surface area contributed by atoms with Crippen molar-refractivity contribution in [2.24, 2.45) is 0 Å². The molecule has 224 valence electrons. The predicted molar refractivity (Wildman–Crippen MR) is 153 cm³/mol. The fourth-order valence-corrected chi connectivity index (χ4v) is 8.01. The van der Waals surface area contributed by atoms with Crippen molar-refractivity contribution in [3.05, 3.63) is 47.0 Å². The molecule has 41 heavy (non-hydrogen) atoms. The zero-order valence-corrected chi connectivity index (χ0v) is 25.2. The Balaban J connectivity index is 1.44. The first-order chi connectivity index (χ1) is 19.5. The number of hydrogen-bond donors (Lipinski definition) is 5. The Labute approximate surface area is 243 Å². The molecule has 0 radical (unpaired) electrons. The van der Waals surface area contributed by atoms with E-state index in [0.29, 0.717) is 30.1 Å². The summed E-state index contributed by atoms with van der Waals surface area (Å²) >= 11 is 6.42. The van der Waals surface area contributed by atoms with Crippen molar-refractivity contribution < 1.29 is 38.7 Å². The van der Waals surface area contributed by atoms with Crippen molar-refractivity contribution >= 4 is 44.6 Å². The molecular weight excluding hydrogens is 596 g/mol. The van der Waals surface area contributed by atoms with Gasteiger partial charge in [0.25, 0.3) is 0 Å². The standard InChI is InChI=1S/C25H34ClN5O8P2/c1-3-9-25(4-2)12-30(10-15-7-5-6-8-16(15)25)21-18-22(29-24(26)28-21)31(13-27-18)23-20(33)19(32)17(39-23)11-38-40(34)14-41(35,36)37/h5-8,13,17,19-20,23,32-34H,3-4,9-12,14H2,1-2H3,(H2,35,36,37). The molecule has 0 aliphatic carbocycles. The number of fused-ring (bicyclic) bond motifs is 2. The molecule has 2 aliphatic rings. The van der Waals surface area contributed by atoms with Crippen molar-refractivity contribution in [2.45, 2.75) is 69.6 Å². The molecule has 4 heterocycles. The minimum atomic E-state index is -4.49. The fraction of sp³-hybridized carbons (Fsp3) is 0.560. The van der Waals surface area contributed by atoms with Gasteiger partial charge in [0.1, 0.15) is 24.2 Å². The minimum absolute atomic E-state index is 0.0121. The molecule has 5 N–H and O–H groups in total. The fourth-order valence-electron chi connectivity index (χ4n) is 5.95. The summed E-state index contributed by atoms with van der Waals surface area (Å²) in [5.41, 5.74) is 3.24. The van der Waals surface area contributed by atoms with Gasteiger partial charge >= 0.3 is 7.60 Å². The van der Waals surface area contributed by atoms with Gasteiger partial charge in [0.2, 0.25) is 5.28 Å². The molecule has 0 amide bonds. The summed E-state index contributed by atoms with van der Waals surface area (Å²) in [6.45, 7) is 5.30. The van der Waals surface area contributed by atoms with Crippen molar-refractivity contribution in [3.8, 4) is 0 Å². The number of aromatic nitrogens is 4. The van der Waals surface area contributed by atoms with Crippen LogP contribution in [0.1, 0.15) is 50.5 Å². The van der Waals surface area contributed by atoms with Gasteiger partial charge in [-0.2, -0.15) is 9.97 Å². The molecule has 1 saturated heterocycles. The van der Waals surface area contributed by atoms with Crippen molar-refractivity contribution in [2.75, 3.05) is 24.0 Å². The Morgan fingerprint density at radius 1 is 1.22 bits per heavy atom. The maximum atomic E-state index is 11.1. The number of imidazole rings is 1. The van der Waals surface area contributed by atoms with Crippen LogP contribution >= 0.6 is 27.6 Å². The van der Waals surface area contributed by atoms with Crippen LogP contribution in [0.2, 0.25) is 5.28 Å². The monoisotopic (exact) mass is 629 g/mol. The smallest absolute Gasteiger partial charge is 0.334 e. The lowest BCUT2D eigenvalue weighted by Gasteiger charge is -2.44. The molecule has 0 bridgehead atoms. The van der Waals surface area contributed by atoms with Crippen molar-refractivity contribution in [3.63, 3.8) is 0 Å². The molecular formula is C25H34ClN5O8P2. The largest absolute Gasteiger partial charge is 0.387 e. The van der Waals surface area contributed by atoms with Gasteiger partial charge in [-0.1, -0.05) is 44.5 Å². The Morgan fingerprint density at radius 3 is 2.68 bits per heavy atom. The highest BCUT2D eigenvalue weighted by atomic mass is 35.5. The van der Waals surface area contributed by atoms with E-state index < -0.39 is 53.0 Å². The van der Waals surface area contributed by atoms with E-state index in [0.717, 1.165) is 19.3 Å². The summed E-state index contributed by atoms with van der Waals surface area (Å²) in [4.78, 5) is 43.5. The van der Waals surface area contributed by atoms with Gasteiger partial charge in [0.15, 0.2) is 31.6 Å². The molecule has 1 aromatic carbocycles.